The molecule has 10 aromatic rings. The lowest BCUT2D eigenvalue weighted by atomic mass is 9.77. The quantitative estimate of drug-likeness (QED) is 0.183. The van der Waals surface area contributed by atoms with E-state index in [9.17, 15) is 0 Å². The Hall–Kier alpha value is -5.64. The second-order valence-corrected chi connectivity index (χ2v) is 14.5. The zero-order valence-electron chi connectivity index (χ0n) is 26.8. The molecule has 0 atom stereocenters. The Morgan fingerprint density at radius 3 is 1.52 bits per heavy atom. The lowest BCUT2D eigenvalue weighted by Gasteiger charge is -2.27. The molecular weight excluding hydrogens is 601 g/mol. The lowest BCUT2D eigenvalue weighted by Crippen LogP contribution is -2.18. The summed E-state index contributed by atoms with van der Waals surface area (Å²) in [6.07, 6.45) is 0. The first-order valence-electron chi connectivity index (χ1n) is 16.6. The highest BCUT2D eigenvalue weighted by atomic mass is 32.1. The van der Waals surface area contributed by atoms with Gasteiger partial charge in [-0.25, -0.2) is 0 Å². The van der Waals surface area contributed by atoms with Crippen molar-refractivity contribution in [1.82, 2.24) is 9.13 Å². The van der Waals surface area contributed by atoms with Crippen LogP contribution in [-0.4, -0.2) is 9.13 Å². The summed E-state index contributed by atoms with van der Waals surface area (Å²) in [7, 11) is 0. The summed E-state index contributed by atoms with van der Waals surface area (Å²) in [6.45, 7) is 4.72. The van der Waals surface area contributed by atoms with Gasteiger partial charge in [-0.3, -0.25) is 0 Å². The summed E-state index contributed by atoms with van der Waals surface area (Å²) in [4.78, 5) is 0. The number of hydrogen-bond donors (Lipinski definition) is 0. The summed E-state index contributed by atoms with van der Waals surface area (Å²) < 4.78 is 7.49. The molecule has 0 bridgehead atoms. The van der Waals surface area contributed by atoms with Crippen LogP contribution in [0, 0.1) is 0 Å². The molecule has 0 N–H and O–H groups in total. The van der Waals surface area contributed by atoms with Gasteiger partial charge in [0.15, 0.2) is 0 Å². The molecule has 2 nitrogen and oxygen atoms in total. The van der Waals surface area contributed by atoms with Crippen LogP contribution in [-0.2, 0) is 5.41 Å². The molecule has 10 rings (SSSR count). The first-order chi connectivity index (χ1) is 23.6. The fourth-order valence-electron chi connectivity index (χ4n) is 7.88. The van der Waals surface area contributed by atoms with Gasteiger partial charge in [-0.15, -0.1) is 11.3 Å². The maximum atomic E-state index is 2.44. The molecule has 48 heavy (non-hydrogen) atoms. The molecule has 7 aromatic carbocycles. The van der Waals surface area contributed by atoms with Crippen molar-refractivity contribution in [2.75, 3.05) is 0 Å². The average molecular weight is 633 g/mol. The minimum atomic E-state index is -0.212. The zero-order valence-corrected chi connectivity index (χ0v) is 27.6. The van der Waals surface area contributed by atoms with Gasteiger partial charge in [0.05, 0.1) is 22.1 Å². The fourth-order valence-corrected chi connectivity index (χ4v) is 8.96. The van der Waals surface area contributed by atoms with E-state index in [0.717, 1.165) is 0 Å². The molecule has 0 saturated heterocycles. The largest absolute Gasteiger partial charge is 0.309 e. The summed E-state index contributed by atoms with van der Waals surface area (Å²) in [6, 6.07) is 58.2. The third-order valence-electron chi connectivity index (χ3n) is 10.4. The van der Waals surface area contributed by atoms with Gasteiger partial charge in [-0.2, -0.15) is 0 Å². The van der Waals surface area contributed by atoms with Gasteiger partial charge in [0, 0.05) is 58.5 Å². The predicted octanol–water partition coefficient (Wildman–Crippen LogP) is 12.6. The monoisotopic (exact) mass is 632 g/mol. The molecule has 0 radical (unpaired) electrons. The number of nitrogens with zero attached hydrogens (tertiary/aromatic N) is 2. The van der Waals surface area contributed by atoms with E-state index in [4.69, 9.17) is 0 Å². The van der Waals surface area contributed by atoms with E-state index in [0.29, 0.717) is 0 Å². The van der Waals surface area contributed by atoms with Crippen molar-refractivity contribution in [2.24, 2.45) is 0 Å². The lowest BCUT2D eigenvalue weighted by molar-refractivity contribution is 0.643. The standard InChI is InChI=1S/C45H32N2S/c1-45(2,29-20-23-41-36(26-29)33-14-6-9-17-39(33)46(41)31-12-4-3-5-13-31)30-21-24-42-37(27-30)34-15-7-10-18-40(34)47(42)32-22-25-44-38(28-32)35-16-8-11-19-43(35)48-44/h3-28H,1-2H3. The van der Waals surface area contributed by atoms with Crippen LogP contribution < -0.4 is 0 Å². The molecule has 0 aliphatic carbocycles. The summed E-state index contributed by atoms with van der Waals surface area (Å²) in [5.74, 6) is 0. The van der Waals surface area contributed by atoms with Crippen LogP contribution >= 0.6 is 11.3 Å². The van der Waals surface area contributed by atoms with Crippen LogP contribution in [0.5, 0.6) is 0 Å². The highest BCUT2D eigenvalue weighted by Crippen LogP contribution is 2.41. The molecule has 0 fully saturated rings. The van der Waals surface area contributed by atoms with Gasteiger partial charge in [0.1, 0.15) is 0 Å². The van der Waals surface area contributed by atoms with Gasteiger partial charge in [-0.05, 0) is 83.9 Å². The molecule has 3 heteroatoms. The van der Waals surface area contributed by atoms with Crippen LogP contribution in [0.2, 0.25) is 0 Å². The SMILES string of the molecule is CC(C)(c1ccc2c(c1)c1ccccc1n2-c1ccccc1)c1ccc2c(c1)c1ccccc1n2-c1ccc2sc3ccccc3c2c1. The second kappa shape index (κ2) is 10.2. The summed E-state index contributed by atoms with van der Waals surface area (Å²) in [5, 5.41) is 7.78. The van der Waals surface area contributed by atoms with E-state index in [1.807, 2.05) is 11.3 Å². The fraction of sp³-hybridized carbons (Fsp3) is 0.0667. The minimum Gasteiger partial charge on any atom is -0.309 e. The van der Waals surface area contributed by atoms with Crippen molar-refractivity contribution in [3.63, 3.8) is 0 Å². The maximum Gasteiger partial charge on any atom is 0.0541 e. The van der Waals surface area contributed by atoms with E-state index >= 15 is 0 Å². The first kappa shape index (κ1) is 27.5. The van der Waals surface area contributed by atoms with Crippen LogP contribution in [0.3, 0.4) is 0 Å². The number of fused-ring (bicyclic) bond motifs is 9. The molecule has 0 amide bonds. The molecule has 0 aliphatic heterocycles. The second-order valence-electron chi connectivity index (χ2n) is 13.4. The summed E-state index contributed by atoms with van der Waals surface area (Å²) in [5.41, 5.74) is 9.72. The Balaban J connectivity index is 1.14. The highest BCUT2D eigenvalue weighted by molar-refractivity contribution is 7.25. The van der Waals surface area contributed by atoms with Crippen molar-refractivity contribution < 1.29 is 0 Å². The highest BCUT2D eigenvalue weighted by Gasteiger charge is 2.26. The van der Waals surface area contributed by atoms with Crippen LogP contribution in [0.15, 0.2) is 158 Å². The number of benzene rings is 7. The van der Waals surface area contributed by atoms with Crippen LogP contribution in [0.25, 0.3) is 75.2 Å². The number of para-hydroxylation sites is 3. The van der Waals surface area contributed by atoms with Crippen molar-refractivity contribution in [3.8, 4) is 11.4 Å². The van der Waals surface area contributed by atoms with Gasteiger partial charge < -0.3 is 9.13 Å². The van der Waals surface area contributed by atoms with E-state index in [1.165, 1.54) is 86.3 Å². The van der Waals surface area contributed by atoms with Crippen LogP contribution in [0.4, 0.5) is 0 Å². The molecular formula is C45H32N2S. The molecule has 228 valence electrons. The van der Waals surface area contributed by atoms with Crippen LogP contribution in [0.1, 0.15) is 25.0 Å². The minimum absolute atomic E-state index is 0.212. The Kier molecular flexibility index (Phi) is 5.82. The Morgan fingerprint density at radius 1 is 0.375 bits per heavy atom. The molecule has 3 aromatic heterocycles. The average Bonchev–Trinajstić information content (AvgIpc) is 3.79. The van der Waals surface area contributed by atoms with E-state index in [-0.39, 0.29) is 5.41 Å². The van der Waals surface area contributed by atoms with E-state index in [2.05, 4.69) is 181 Å². The third-order valence-corrected chi connectivity index (χ3v) is 11.6. The van der Waals surface area contributed by atoms with Gasteiger partial charge in [0.25, 0.3) is 0 Å². The third kappa shape index (κ3) is 3.92. The van der Waals surface area contributed by atoms with Gasteiger partial charge in [-0.1, -0.05) is 98.8 Å². The normalized spacial score (nSPS) is 12.4. The smallest absolute Gasteiger partial charge is 0.0541 e. The molecule has 3 heterocycles. The number of aromatic nitrogens is 2. The molecule has 0 saturated carbocycles. The van der Waals surface area contributed by atoms with E-state index < -0.39 is 0 Å². The Bertz CT molecular complexity index is 2860. The number of hydrogen-bond acceptors (Lipinski definition) is 1. The van der Waals surface area contributed by atoms with Crippen molar-refractivity contribution in [2.45, 2.75) is 19.3 Å². The molecule has 0 unspecified atom stereocenters. The Morgan fingerprint density at radius 2 is 0.875 bits per heavy atom. The topological polar surface area (TPSA) is 9.86 Å². The van der Waals surface area contributed by atoms with Gasteiger partial charge in [0.2, 0.25) is 0 Å². The zero-order chi connectivity index (χ0) is 32.0. The first-order valence-corrected chi connectivity index (χ1v) is 17.4. The van der Waals surface area contributed by atoms with E-state index in [1.54, 1.807) is 0 Å². The maximum absolute atomic E-state index is 2.44. The predicted molar refractivity (Wildman–Crippen MR) is 207 cm³/mol. The number of rotatable bonds is 4. The van der Waals surface area contributed by atoms with Crippen molar-refractivity contribution in [1.29, 1.82) is 0 Å². The van der Waals surface area contributed by atoms with Crippen molar-refractivity contribution >= 4 is 75.1 Å². The van der Waals surface area contributed by atoms with Crippen molar-refractivity contribution in [3.05, 3.63) is 169 Å². The Labute approximate surface area is 282 Å². The molecule has 0 spiro atoms. The molecule has 0 aliphatic rings. The van der Waals surface area contributed by atoms with Gasteiger partial charge >= 0.3 is 0 Å². The number of thiophene rings is 1. The summed E-state index contributed by atoms with van der Waals surface area (Å²) >= 11 is 1.87.